The summed E-state index contributed by atoms with van der Waals surface area (Å²) in [6.07, 6.45) is 1.42. The zero-order chi connectivity index (χ0) is 10.8. The highest BCUT2D eigenvalue weighted by Crippen LogP contribution is 2.28. The molecule has 4 N–H and O–H groups in total. The molecule has 0 aliphatic heterocycles. The molecule has 0 amide bonds. The molecule has 0 aliphatic carbocycles. The normalized spacial score (nSPS) is 10.5. The zero-order valence-electron chi connectivity index (χ0n) is 8.40. The number of hydrogen-bond acceptors (Lipinski definition) is 5. The zero-order valence-corrected chi connectivity index (χ0v) is 8.40. The lowest BCUT2D eigenvalue weighted by Gasteiger charge is -2.08. The van der Waals surface area contributed by atoms with E-state index in [1.165, 1.54) is 6.33 Å². The van der Waals surface area contributed by atoms with Crippen LogP contribution in [0.15, 0.2) is 18.5 Å². The van der Waals surface area contributed by atoms with Gasteiger partial charge in [-0.1, -0.05) is 0 Å². The summed E-state index contributed by atoms with van der Waals surface area (Å²) < 4.78 is 5.36. The van der Waals surface area contributed by atoms with Gasteiger partial charge in [0.1, 0.15) is 17.9 Å². The van der Waals surface area contributed by atoms with E-state index in [1.54, 1.807) is 12.1 Å². The van der Waals surface area contributed by atoms with Gasteiger partial charge in [0.2, 0.25) is 0 Å². The van der Waals surface area contributed by atoms with Gasteiger partial charge in [0.25, 0.3) is 0 Å². The van der Waals surface area contributed by atoms with Crippen molar-refractivity contribution in [1.82, 2.24) is 9.97 Å². The quantitative estimate of drug-likeness (QED) is 0.717. The summed E-state index contributed by atoms with van der Waals surface area (Å²) in [5.74, 6) is 1.05. The van der Waals surface area contributed by atoms with Crippen molar-refractivity contribution in [2.75, 3.05) is 18.1 Å². The topological polar surface area (TPSA) is 87.0 Å². The minimum absolute atomic E-state index is 0.426. The minimum atomic E-state index is 0.426. The number of nitrogens with zero attached hydrogens (tertiary/aromatic N) is 2. The maximum Gasteiger partial charge on any atom is 0.144 e. The molecule has 0 bridgehead atoms. The molecule has 0 fully saturated rings. The lowest BCUT2D eigenvalue weighted by Crippen LogP contribution is -1.99. The van der Waals surface area contributed by atoms with E-state index in [0.29, 0.717) is 23.9 Å². The standard InChI is InChI=1S/C10H12N4O/c1-2-15-9-4-8-6(3-7(9)11)10(12)14-5-13-8/h3-5H,2,11H2,1H3,(H2,12,13,14). The van der Waals surface area contributed by atoms with Crippen molar-refractivity contribution >= 4 is 22.4 Å². The summed E-state index contributed by atoms with van der Waals surface area (Å²) in [5.41, 5.74) is 12.8. The van der Waals surface area contributed by atoms with Crippen LogP contribution in [0.1, 0.15) is 6.92 Å². The second kappa shape index (κ2) is 3.61. The Bertz CT molecular complexity index is 498. The van der Waals surface area contributed by atoms with Crippen LogP contribution in [0.5, 0.6) is 5.75 Å². The van der Waals surface area contributed by atoms with Gasteiger partial charge >= 0.3 is 0 Å². The number of aromatic nitrogens is 2. The molecular weight excluding hydrogens is 192 g/mol. The van der Waals surface area contributed by atoms with Gasteiger partial charge in [-0.05, 0) is 13.0 Å². The van der Waals surface area contributed by atoms with Crippen LogP contribution in [-0.2, 0) is 0 Å². The fourth-order valence-electron chi connectivity index (χ4n) is 1.40. The number of anilines is 2. The van der Waals surface area contributed by atoms with Crippen molar-refractivity contribution < 1.29 is 4.74 Å². The van der Waals surface area contributed by atoms with Gasteiger partial charge in [-0.2, -0.15) is 0 Å². The Morgan fingerprint density at radius 1 is 1.27 bits per heavy atom. The van der Waals surface area contributed by atoms with Gasteiger partial charge in [0, 0.05) is 11.5 Å². The maximum atomic E-state index is 5.81. The van der Waals surface area contributed by atoms with E-state index in [1.807, 2.05) is 6.92 Å². The van der Waals surface area contributed by atoms with E-state index in [2.05, 4.69) is 9.97 Å². The third-order valence-electron chi connectivity index (χ3n) is 2.10. The van der Waals surface area contributed by atoms with Crippen LogP contribution in [0.25, 0.3) is 10.9 Å². The monoisotopic (exact) mass is 204 g/mol. The molecule has 0 saturated carbocycles. The van der Waals surface area contributed by atoms with Gasteiger partial charge in [0.15, 0.2) is 0 Å². The summed E-state index contributed by atoms with van der Waals surface area (Å²) in [6, 6.07) is 3.50. The van der Waals surface area contributed by atoms with Gasteiger partial charge < -0.3 is 16.2 Å². The Balaban J connectivity index is 2.65. The highest BCUT2D eigenvalue weighted by atomic mass is 16.5. The largest absolute Gasteiger partial charge is 0.492 e. The van der Waals surface area contributed by atoms with Crippen LogP contribution >= 0.6 is 0 Å². The molecule has 0 aliphatic rings. The minimum Gasteiger partial charge on any atom is -0.492 e. The molecular formula is C10H12N4O. The Morgan fingerprint density at radius 3 is 2.80 bits per heavy atom. The first kappa shape index (κ1) is 9.51. The lowest BCUT2D eigenvalue weighted by molar-refractivity contribution is 0.342. The predicted molar refractivity (Wildman–Crippen MR) is 59.5 cm³/mol. The van der Waals surface area contributed by atoms with Crippen LogP contribution in [0.4, 0.5) is 11.5 Å². The van der Waals surface area contributed by atoms with E-state index in [9.17, 15) is 0 Å². The fraction of sp³-hybridized carbons (Fsp3) is 0.200. The fourth-order valence-corrected chi connectivity index (χ4v) is 1.40. The average molecular weight is 204 g/mol. The summed E-state index contributed by atoms with van der Waals surface area (Å²) >= 11 is 0. The number of benzene rings is 1. The van der Waals surface area contributed by atoms with Crippen molar-refractivity contribution in [3.05, 3.63) is 18.5 Å². The van der Waals surface area contributed by atoms with Crippen LogP contribution < -0.4 is 16.2 Å². The molecule has 1 aromatic carbocycles. The molecule has 5 heteroatoms. The summed E-state index contributed by atoms with van der Waals surface area (Å²) in [7, 11) is 0. The molecule has 5 nitrogen and oxygen atoms in total. The average Bonchev–Trinajstić information content (AvgIpc) is 2.21. The highest BCUT2D eigenvalue weighted by molar-refractivity contribution is 5.92. The molecule has 1 aromatic heterocycles. The van der Waals surface area contributed by atoms with E-state index in [4.69, 9.17) is 16.2 Å². The van der Waals surface area contributed by atoms with Crippen LogP contribution in [0.2, 0.25) is 0 Å². The first-order chi connectivity index (χ1) is 7.22. The first-order valence-electron chi connectivity index (χ1n) is 4.65. The van der Waals surface area contributed by atoms with Gasteiger partial charge in [-0.15, -0.1) is 0 Å². The highest BCUT2D eigenvalue weighted by Gasteiger charge is 2.06. The summed E-state index contributed by atoms with van der Waals surface area (Å²) in [6.45, 7) is 2.47. The summed E-state index contributed by atoms with van der Waals surface area (Å²) in [5, 5.41) is 0.749. The second-order valence-electron chi connectivity index (χ2n) is 3.10. The van der Waals surface area contributed by atoms with Crippen LogP contribution in [0.3, 0.4) is 0 Å². The van der Waals surface area contributed by atoms with Gasteiger partial charge in [-0.3, -0.25) is 0 Å². The molecule has 0 unspecified atom stereocenters. The van der Waals surface area contributed by atoms with Crippen molar-refractivity contribution in [2.24, 2.45) is 0 Å². The SMILES string of the molecule is CCOc1cc2ncnc(N)c2cc1N. The van der Waals surface area contributed by atoms with Crippen molar-refractivity contribution in [3.63, 3.8) is 0 Å². The Labute approximate surface area is 87.1 Å². The third kappa shape index (κ3) is 1.63. The molecule has 78 valence electrons. The Kier molecular flexibility index (Phi) is 2.29. The Morgan fingerprint density at radius 2 is 2.07 bits per heavy atom. The summed E-state index contributed by atoms with van der Waals surface area (Å²) in [4.78, 5) is 7.99. The van der Waals surface area contributed by atoms with Crippen LogP contribution in [-0.4, -0.2) is 16.6 Å². The maximum absolute atomic E-state index is 5.81. The number of ether oxygens (including phenoxy) is 1. The lowest BCUT2D eigenvalue weighted by atomic mass is 10.2. The van der Waals surface area contributed by atoms with E-state index in [-0.39, 0.29) is 0 Å². The first-order valence-corrected chi connectivity index (χ1v) is 4.65. The number of hydrogen-bond donors (Lipinski definition) is 2. The molecule has 15 heavy (non-hydrogen) atoms. The van der Waals surface area contributed by atoms with Crippen molar-refractivity contribution in [1.29, 1.82) is 0 Å². The van der Waals surface area contributed by atoms with Crippen LogP contribution in [0, 0.1) is 0 Å². The number of nitrogens with two attached hydrogens (primary N) is 2. The molecule has 0 saturated heterocycles. The second-order valence-corrected chi connectivity index (χ2v) is 3.10. The van der Waals surface area contributed by atoms with E-state index < -0.39 is 0 Å². The number of nitrogen functional groups attached to an aromatic ring is 2. The Hall–Kier alpha value is -2.04. The smallest absolute Gasteiger partial charge is 0.144 e. The molecule has 0 spiro atoms. The predicted octanol–water partition coefficient (Wildman–Crippen LogP) is 1.19. The molecule has 1 heterocycles. The van der Waals surface area contributed by atoms with E-state index >= 15 is 0 Å². The van der Waals surface area contributed by atoms with Crippen molar-refractivity contribution in [3.8, 4) is 5.75 Å². The third-order valence-corrected chi connectivity index (χ3v) is 2.10. The van der Waals surface area contributed by atoms with Gasteiger partial charge in [-0.25, -0.2) is 9.97 Å². The van der Waals surface area contributed by atoms with Gasteiger partial charge in [0.05, 0.1) is 17.8 Å². The number of rotatable bonds is 2. The molecule has 2 aromatic rings. The molecule has 2 rings (SSSR count). The van der Waals surface area contributed by atoms with E-state index in [0.717, 1.165) is 10.9 Å². The van der Waals surface area contributed by atoms with Crippen molar-refractivity contribution in [2.45, 2.75) is 6.92 Å². The number of fused-ring (bicyclic) bond motifs is 1. The molecule has 0 radical (unpaired) electrons. The molecule has 0 atom stereocenters.